The lowest BCUT2D eigenvalue weighted by Gasteiger charge is -2.08. The highest BCUT2D eigenvalue weighted by Crippen LogP contribution is 2.48. The lowest BCUT2D eigenvalue weighted by molar-refractivity contribution is -0.175. The van der Waals surface area contributed by atoms with Gasteiger partial charge in [-0.25, -0.2) is 0 Å². The van der Waals surface area contributed by atoms with Crippen molar-refractivity contribution in [2.24, 2.45) is 17.8 Å². The summed E-state index contributed by atoms with van der Waals surface area (Å²) in [5.41, 5.74) is 0. The summed E-state index contributed by atoms with van der Waals surface area (Å²) < 4.78 is 39.6. The first-order valence-corrected chi connectivity index (χ1v) is 4.43. The molecule has 2 aliphatic rings. The molecule has 1 aliphatic heterocycles. The minimum absolute atomic E-state index is 0.274. The molecule has 1 saturated heterocycles. The van der Waals surface area contributed by atoms with Gasteiger partial charge in [-0.2, -0.15) is 13.2 Å². The summed E-state index contributed by atoms with van der Waals surface area (Å²) in [4.78, 5) is 0. The average Bonchev–Trinajstić information content (AvgIpc) is 2.48. The van der Waals surface area contributed by atoms with E-state index in [4.69, 9.17) is 0 Å². The lowest BCUT2D eigenvalue weighted by atomic mass is 10.3. The predicted octanol–water partition coefficient (Wildman–Crippen LogP) is 1.03. The van der Waals surface area contributed by atoms with Crippen molar-refractivity contribution in [2.45, 2.75) is 6.18 Å². The van der Waals surface area contributed by atoms with Gasteiger partial charge >= 0.3 is 6.18 Å². The molecule has 1 unspecified atom stereocenters. The molecular weight excluding hydrogens is 183 g/mol. The summed E-state index contributed by atoms with van der Waals surface area (Å²) in [6, 6.07) is 0. The van der Waals surface area contributed by atoms with Crippen molar-refractivity contribution in [3.05, 3.63) is 0 Å². The number of ether oxygens (including phenoxy) is 1. The fourth-order valence-electron chi connectivity index (χ4n) is 2.10. The quantitative estimate of drug-likeness (QED) is 0.726. The van der Waals surface area contributed by atoms with Gasteiger partial charge in [0, 0.05) is 0 Å². The van der Waals surface area contributed by atoms with Crippen molar-refractivity contribution in [2.75, 3.05) is 26.3 Å². The Kier molecular flexibility index (Phi) is 2.23. The maximum Gasteiger partial charge on any atom is 0.411 e. The molecule has 1 heterocycles. The molecule has 0 aromatic heterocycles. The van der Waals surface area contributed by atoms with E-state index >= 15 is 0 Å². The van der Waals surface area contributed by atoms with Crippen LogP contribution in [-0.4, -0.2) is 32.5 Å². The molecule has 1 N–H and O–H groups in total. The van der Waals surface area contributed by atoms with E-state index in [-0.39, 0.29) is 6.61 Å². The van der Waals surface area contributed by atoms with Gasteiger partial charge in [0.25, 0.3) is 0 Å². The first-order chi connectivity index (χ1) is 6.08. The van der Waals surface area contributed by atoms with Crippen molar-refractivity contribution in [3.63, 3.8) is 0 Å². The van der Waals surface area contributed by atoms with E-state index in [2.05, 4.69) is 10.1 Å². The number of hydrogen-bond donors (Lipinski definition) is 1. The molecule has 0 radical (unpaired) electrons. The Morgan fingerprint density at radius 2 is 1.85 bits per heavy atom. The van der Waals surface area contributed by atoms with Gasteiger partial charge in [-0.15, -0.1) is 0 Å². The molecule has 0 aromatic rings. The molecule has 2 rings (SSSR count). The Balaban J connectivity index is 1.60. The third-order valence-corrected chi connectivity index (χ3v) is 2.85. The van der Waals surface area contributed by atoms with Gasteiger partial charge in [0.1, 0.15) is 6.61 Å². The standard InChI is InChI=1S/C8H12F3NO/c9-8(10,11)4-13-3-7-5-1-12-2-6(5)7/h5-7,12H,1-4H2/t5-,6+,7?. The molecule has 13 heavy (non-hydrogen) atoms. The lowest BCUT2D eigenvalue weighted by Crippen LogP contribution is -2.21. The van der Waals surface area contributed by atoms with Crippen LogP contribution in [0.25, 0.3) is 0 Å². The highest BCUT2D eigenvalue weighted by molar-refractivity contribution is 5.03. The first-order valence-electron chi connectivity index (χ1n) is 4.43. The molecular formula is C8H12F3NO. The summed E-state index contributed by atoms with van der Waals surface area (Å²) in [5.74, 6) is 1.53. The van der Waals surface area contributed by atoms with Gasteiger partial charge in [0.05, 0.1) is 6.61 Å². The zero-order valence-corrected chi connectivity index (χ0v) is 7.10. The van der Waals surface area contributed by atoms with E-state index in [1.165, 1.54) is 0 Å². The van der Waals surface area contributed by atoms with E-state index in [0.29, 0.717) is 17.8 Å². The number of piperidine rings is 1. The van der Waals surface area contributed by atoms with Crippen LogP contribution in [0.5, 0.6) is 0 Å². The molecule has 1 saturated carbocycles. The number of hydrogen-bond acceptors (Lipinski definition) is 2. The second kappa shape index (κ2) is 3.13. The van der Waals surface area contributed by atoms with E-state index in [9.17, 15) is 13.2 Å². The normalized spacial score (nSPS) is 37.6. The van der Waals surface area contributed by atoms with Gasteiger partial charge in [0.2, 0.25) is 0 Å². The van der Waals surface area contributed by atoms with Crippen LogP contribution in [0.4, 0.5) is 13.2 Å². The Labute approximate surface area is 74.4 Å². The summed E-state index contributed by atoms with van der Waals surface area (Å²) >= 11 is 0. The highest BCUT2D eigenvalue weighted by atomic mass is 19.4. The Bertz CT molecular complexity index is 184. The predicted molar refractivity (Wildman–Crippen MR) is 40.2 cm³/mol. The van der Waals surface area contributed by atoms with Crippen LogP contribution in [-0.2, 0) is 4.74 Å². The van der Waals surface area contributed by atoms with Gasteiger partial charge in [-0.1, -0.05) is 0 Å². The number of halogens is 3. The van der Waals surface area contributed by atoms with Crippen molar-refractivity contribution in [3.8, 4) is 0 Å². The molecule has 1 aliphatic carbocycles. The molecule has 0 aromatic carbocycles. The zero-order valence-electron chi connectivity index (χ0n) is 7.10. The number of alkyl halides is 3. The maximum absolute atomic E-state index is 11.7. The van der Waals surface area contributed by atoms with Crippen molar-refractivity contribution in [1.82, 2.24) is 5.32 Å². The van der Waals surface area contributed by atoms with E-state index in [1.54, 1.807) is 0 Å². The minimum Gasteiger partial charge on any atom is -0.372 e. The molecule has 0 bridgehead atoms. The number of rotatable bonds is 3. The van der Waals surface area contributed by atoms with E-state index in [0.717, 1.165) is 13.1 Å². The SMILES string of the molecule is FC(F)(F)COCC1[C@H]2CNC[C@@H]12. The fraction of sp³-hybridized carbons (Fsp3) is 1.00. The van der Waals surface area contributed by atoms with Gasteiger partial charge in [-0.3, -0.25) is 0 Å². The van der Waals surface area contributed by atoms with Gasteiger partial charge < -0.3 is 10.1 Å². The second-order valence-corrected chi connectivity index (χ2v) is 3.78. The van der Waals surface area contributed by atoms with E-state index < -0.39 is 12.8 Å². The van der Waals surface area contributed by atoms with Crippen LogP contribution >= 0.6 is 0 Å². The number of fused-ring (bicyclic) bond motifs is 1. The monoisotopic (exact) mass is 195 g/mol. The topological polar surface area (TPSA) is 21.3 Å². The third kappa shape index (κ3) is 2.14. The van der Waals surface area contributed by atoms with Gasteiger partial charge in [0.15, 0.2) is 0 Å². The van der Waals surface area contributed by atoms with Crippen LogP contribution in [0.2, 0.25) is 0 Å². The van der Waals surface area contributed by atoms with Crippen molar-refractivity contribution >= 4 is 0 Å². The third-order valence-electron chi connectivity index (χ3n) is 2.85. The van der Waals surface area contributed by atoms with Crippen LogP contribution in [0.3, 0.4) is 0 Å². The van der Waals surface area contributed by atoms with Crippen LogP contribution in [0, 0.1) is 17.8 Å². The van der Waals surface area contributed by atoms with Crippen molar-refractivity contribution in [1.29, 1.82) is 0 Å². The van der Waals surface area contributed by atoms with Crippen LogP contribution < -0.4 is 5.32 Å². The van der Waals surface area contributed by atoms with Crippen molar-refractivity contribution < 1.29 is 17.9 Å². The molecule has 5 heteroatoms. The summed E-state index contributed by atoms with van der Waals surface area (Å²) in [6.45, 7) is 1.07. The Hall–Kier alpha value is -0.290. The molecule has 76 valence electrons. The minimum atomic E-state index is -4.18. The summed E-state index contributed by atoms with van der Waals surface area (Å²) in [6.07, 6.45) is -4.18. The second-order valence-electron chi connectivity index (χ2n) is 3.78. The molecule has 2 nitrogen and oxygen atoms in total. The maximum atomic E-state index is 11.7. The smallest absolute Gasteiger partial charge is 0.372 e. The molecule has 3 atom stereocenters. The highest BCUT2D eigenvalue weighted by Gasteiger charge is 2.52. The molecule has 0 amide bonds. The average molecular weight is 195 g/mol. The zero-order chi connectivity index (χ0) is 9.47. The Morgan fingerprint density at radius 1 is 1.23 bits per heavy atom. The first kappa shape index (κ1) is 9.27. The van der Waals surface area contributed by atoms with Crippen LogP contribution in [0.15, 0.2) is 0 Å². The molecule has 0 spiro atoms. The van der Waals surface area contributed by atoms with E-state index in [1.807, 2.05) is 0 Å². The summed E-state index contributed by atoms with van der Waals surface area (Å²) in [7, 11) is 0. The fourth-order valence-corrected chi connectivity index (χ4v) is 2.10. The number of nitrogens with one attached hydrogen (secondary N) is 1. The molecule has 2 fully saturated rings. The largest absolute Gasteiger partial charge is 0.411 e. The summed E-state index contributed by atoms with van der Waals surface area (Å²) in [5, 5.41) is 3.18. The Morgan fingerprint density at radius 3 is 2.38 bits per heavy atom. The van der Waals surface area contributed by atoms with Gasteiger partial charge in [-0.05, 0) is 30.8 Å². The van der Waals surface area contributed by atoms with Crippen LogP contribution in [0.1, 0.15) is 0 Å².